The minimum absolute atomic E-state index is 0.109. The number of ether oxygens (including phenoxy) is 4. The number of unbranched alkanes of at least 4 members (excludes halogenated alkanes) is 40. The first-order chi connectivity index (χ1) is 49.3. The summed E-state index contributed by atoms with van der Waals surface area (Å²) in [5.41, 5.74) is 0. The quantitative estimate of drug-likeness (QED) is 0.0495. The first-order valence-electron chi connectivity index (χ1n) is 43.5. The van der Waals surface area contributed by atoms with Gasteiger partial charge in [0.1, 0.15) is 37.9 Å². The van der Waals surface area contributed by atoms with Crippen molar-refractivity contribution in [2.24, 2.45) is 23.7 Å². The van der Waals surface area contributed by atoms with Gasteiger partial charge in [-0.25, -0.2) is 0 Å². The summed E-state index contributed by atoms with van der Waals surface area (Å²) in [5.74, 6) is 5.02. The number of rotatable bonds is 77. The van der Waals surface area contributed by atoms with Crippen molar-refractivity contribution in [1.29, 1.82) is 0 Å². The second-order valence-corrected chi connectivity index (χ2v) is 30.4. The van der Waals surface area contributed by atoms with E-state index in [1.165, 1.54) is 308 Å². The third kappa shape index (κ3) is 59.3. The Morgan fingerprint density at radius 3 is 0.710 bits per heavy atom. The van der Waals surface area contributed by atoms with Gasteiger partial charge in [-0.3, -0.25) is 19.2 Å². The summed E-state index contributed by atoms with van der Waals surface area (Å²) >= 11 is 0. The molecule has 10 heteroatoms. The molecule has 10 nitrogen and oxygen atoms in total. The average molecular weight is 1400 g/mol. The molecule has 2 rings (SSSR count). The number of esters is 2. The number of carbonyl (C=O) groups is 4. The summed E-state index contributed by atoms with van der Waals surface area (Å²) in [7, 11) is 0. The van der Waals surface area contributed by atoms with Crippen LogP contribution in [0.25, 0.3) is 0 Å². The Morgan fingerprint density at radius 1 is 0.260 bits per heavy atom. The number of carbonyl (C=O) groups excluding carboxylic acids is 4. The van der Waals surface area contributed by atoms with Gasteiger partial charge in [0, 0.05) is 38.8 Å². The molecule has 0 saturated carbocycles. The van der Waals surface area contributed by atoms with Crippen molar-refractivity contribution in [3.8, 4) is 11.5 Å². The van der Waals surface area contributed by atoms with Crippen LogP contribution >= 0.6 is 0 Å². The van der Waals surface area contributed by atoms with Gasteiger partial charge in [-0.2, -0.15) is 0 Å². The number of hydrogen-bond acceptors (Lipinski definition) is 8. The highest BCUT2D eigenvalue weighted by atomic mass is 16.6. The van der Waals surface area contributed by atoms with Gasteiger partial charge in [-0.1, -0.05) is 398 Å². The van der Waals surface area contributed by atoms with Crippen LogP contribution in [0.5, 0.6) is 11.5 Å². The van der Waals surface area contributed by atoms with Gasteiger partial charge in [0.25, 0.3) is 0 Å². The van der Waals surface area contributed by atoms with Crippen LogP contribution in [0.3, 0.4) is 0 Å². The molecule has 0 aliphatic rings. The largest absolute Gasteiger partial charge is 0.490 e. The lowest BCUT2D eigenvalue weighted by atomic mass is 9.78. The molecule has 0 aliphatic heterocycles. The second kappa shape index (κ2) is 71.9. The normalized spacial score (nSPS) is 12.6. The Morgan fingerprint density at radius 2 is 0.470 bits per heavy atom. The van der Waals surface area contributed by atoms with Crippen LogP contribution in [0.15, 0.2) is 60.7 Å². The van der Waals surface area contributed by atoms with Crippen molar-refractivity contribution in [3.63, 3.8) is 0 Å². The Labute approximate surface area is 617 Å². The zero-order valence-electron chi connectivity index (χ0n) is 66.0. The van der Waals surface area contributed by atoms with E-state index >= 15 is 0 Å². The van der Waals surface area contributed by atoms with E-state index in [9.17, 15) is 19.2 Å². The van der Waals surface area contributed by atoms with Crippen molar-refractivity contribution in [3.05, 3.63) is 60.7 Å². The molecule has 2 amide bonds. The van der Waals surface area contributed by atoms with Gasteiger partial charge in [0.15, 0.2) is 0 Å². The number of para-hydroxylation sites is 2. The second-order valence-electron chi connectivity index (χ2n) is 30.4. The maximum atomic E-state index is 12.8. The monoisotopic (exact) mass is 1400 g/mol. The van der Waals surface area contributed by atoms with Gasteiger partial charge in [-0.05, 0) is 73.6 Å². The molecule has 578 valence electrons. The van der Waals surface area contributed by atoms with Gasteiger partial charge < -0.3 is 29.6 Å². The third-order valence-corrected chi connectivity index (χ3v) is 21.4. The summed E-state index contributed by atoms with van der Waals surface area (Å²) in [6.07, 6.45) is 74.8. The number of benzene rings is 2. The fourth-order valence-corrected chi connectivity index (χ4v) is 15.2. The van der Waals surface area contributed by atoms with Crippen LogP contribution in [0.4, 0.5) is 0 Å². The van der Waals surface area contributed by atoms with Crippen LogP contribution < -0.4 is 20.1 Å². The van der Waals surface area contributed by atoms with Crippen molar-refractivity contribution >= 4 is 23.8 Å². The van der Waals surface area contributed by atoms with Crippen LogP contribution in [0.2, 0.25) is 0 Å². The summed E-state index contributed by atoms with van der Waals surface area (Å²) in [6.45, 7) is 11.7. The Kier molecular flexibility index (Phi) is 66.1. The Hall–Kier alpha value is -4.08. The molecule has 0 fully saturated rings. The van der Waals surface area contributed by atoms with Crippen LogP contribution in [0.1, 0.15) is 413 Å². The van der Waals surface area contributed by atoms with E-state index in [2.05, 4.69) is 38.3 Å². The van der Waals surface area contributed by atoms with Crippen LogP contribution in [0, 0.1) is 23.7 Å². The van der Waals surface area contributed by atoms with Crippen molar-refractivity contribution in [1.82, 2.24) is 10.6 Å². The molecule has 2 aromatic rings. The highest BCUT2D eigenvalue weighted by Crippen LogP contribution is 2.36. The lowest BCUT2D eigenvalue weighted by molar-refractivity contribution is -0.145. The van der Waals surface area contributed by atoms with E-state index in [1.807, 2.05) is 60.7 Å². The molecule has 0 saturated heterocycles. The highest BCUT2D eigenvalue weighted by Gasteiger charge is 2.23. The first-order valence-corrected chi connectivity index (χ1v) is 43.5. The molecular formula is C90H160N2O8. The van der Waals surface area contributed by atoms with Crippen LogP contribution in [-0.4, -0.2) is 63.3 Å². The van der Waals surface area contributed by atoms with Crippen molar-refractivity contribution in [2.45, 2.75) is 413 Å². The molecule has 2 N–H and O–H groups in total. The molecule has 0 heterocycles. The van der Waals surface area contributed by atoms with Gasteiger partial charge >= 0.3 is 11.9 Å². The van der Waals surface area contributed by atoms with Gasteiger partial charge in [0.2, 0.25) is 11.8 Å². The molecule has 100 heavy (non-hydrogen) atoms. The molecule has 4 atom stereocenters. The lowest BCUT2D eigenvalue weighted by Crippen LogP contribution is -2.34. The Balaban J connectivity index is 1.66. The van der Waals surface area contributed by atoms with E-state index in [-0.39, 0.29) is 23.8 Å². The first kappa shape index (κ1) is 92.0. The Bertz CT molecular complexity index is 1930. The summed E-state index contributed by atoms with van der Waals surface area (Å²) < 4.78 is 22.2. The molecule has 2 aromatic carbocycles. The summed E-state index contributed by atoms with van der Waals surface area (Å²) in [4.78, 5) is 50.2. The topological polar surface area (TPSA) is 129 Å². The molecule has 4 unspecified atom stereocenters. The number of nitrogens with one attached hydrogen (secondary N) is 2. The smallest absolute Gasteiger partial charge is 0.305 e. The molecule has 0 aliphatic carbocycles. The maximum Gasteiger partial charge on any atom is 0.305 e. The maximum absolute atomic E-state index is 12.8. The predicted octanol–water partition coefficient (Wildman–Crippen LogP) is 26.4. The van der Waals surface area contributed by atoms with Crippen molar-refractivity contribution in [2.75, 3.05) is 39.5 Å². The number of hydrogen-bond donors (Lipinski definition) is 2. The zero-order valence-corrected chi connectivity index (χ0v) is 66.0. The lowest BCUT2D eigenvalue weighted by Gasteiger charge is -2.28. The van der Waals surface area contributed by atoms with E-state index in [4.69, 9.17) is 18.9 Å². The average Bonchev–Trinajstić information content (AvgIpc) is 1.06. The van der Waals surface area contributed by atoms with E-state index < -0.39 is 0 Å². The molecular weight excluding hydrogens is 1240 g/mol. The van der Waals surface area contributed by atoms with Gasteiger partial charge in [-0.15, -0.1) is 0 Å². The number of amides is 2. The van der Waals surface area contributed by atoms with Crippen molar-refractivity contribution < 1.29 is 38.1 Å². The highest BCUT2D eigenvalue weighted by molar-refractivity contribution is 5.77. The fraction of sp³-hybridized carbons (Fsp3) is 0.822. The summed E-state index contributed by atoms with van der Waals surface area (Å²) in [6, 6.07) is 19.4. The summed E-state index contributed by atoms with van der Waals surface area (Å²) in [5, 5.41) is 6.14. The van der Waals surface area contributed by atoms with Gasteiger partial charge in [0.05, 0.1) is 0 Å². The minimum atomic E-state index is -0.109. The standard InChI is InChI=1S/C90H160N2O8/c1-5-9-13-17-29-43-59-81(83(61-45-31-19-15-11-7-3)65-49-35-23-27-39-57-73-89(95)99-79-77-97-85-67-51-41-52-68-85)63-47-33-21-25-37-55-71-87(93)91-75-76-92-88(94)72-56-38-26-22-34-48-64-82(60-44-30-18-14-10-6-2)84(62-46-32-20-16-12-8-4)66-50-36-24-28-40-58-74-90(96)100-80-78-98-86-69-53-42-54-70-86/h41-42,51-54,67-70,81-84H,5-40,43-50,55-66,71-80H2,1-4H3,(H,91,93)(H,92,94). The predicted molar refractivity (Wildman–Crippen MR) is 425 cm³/mol. The van der Waals surface area contributed by atoms with E-state index in [0.717, 1.165) is 86.5 Å². The molecule has 0 bridgehead atoms. The fourth-order valence-electron chi connectivity index (χ4n) is 15.2. The molecule has 0 radical (unpaired) electrons. The molecule has 0 spiro atoms. The minimum Gasteiger partial charge on any atom is -0.490 e. The third-order valence-electron chi connectivity index (χ3n) is 21.4. The zero-order chi connectivity index (χ0) is 71.8. The van der Waals surface area contributed by atoms with E-state index in [0.29, 0.717) is 65.2 Å². The SMILES string of the molecule is CCCCCCCCC(CCCCCCCCC(=O)NCCNC(=O)CCCCCCCCC(CCCCCCCC)C(CCCCCCCC)CCCCCCCCC(=O)OCCOc1ccccc1)C(CCCCCCCC)CCCCCCCCC(=O)OCCOc1ccccc1. The van der Waals surface area contributed by atoms with Crippen LogP contribution in [-0.2, 0) is 28.7 Å². The van der Waals surface area contributed by atoms with E-state index in [1.54, 1.807) is 0 Å². The molecule has 0 aromatic heterocycles.